The van der Waals surface area contributed by atoms with Gasteiger partial charge in [-0.05, 0) is 6.92 Å². The first kappa shape index (κ1) is 9.71. The van der Waals surface area contributed by atoms with Crippen molar-refractivity contribution >= 4 is 27.6 Å². The Bertz CT molecular complexity index is 193. The second kappa shape index (κ2) is 4.03. The van der Waals surface area contributed by atoms with Crippen molar-refractivity contribution in [3.63, 3.8) is 0 Å². The SMILES string of the molecule is CC(Br)C(=O)N1CCC(=O)CC1. The Hall–Kier alpha value is -0.380. The molecule has 1 aliphatic heterocycles. The van der Waals surface area contributed by atoms with E-state index in [1.807, 2.05) is 0 Å². The lowest BCUT2D eigenvalue weighted by molar-refractivity contribution is -0.133. The van der Waals surface area contributed by atoms with Crippen LogP contribution in [0.3, 0.4) is 0 Å². The molecule has 4 heteroatoms. The molecule has 1 atom stereocenters. The third-order valence-corrected chi connectivity index (χ3v) is 2.36. The van der Waals surface area contributed by atoms with Crippen LogP contribution in [0.15, 0.2) is 0 Å². The van der Waals surface area contributed by atoms with Crippen LogP contribution >= 0.6 is 15.9 Å². The van der Waals surface area contributed by atoms with Gasteiger partial charge in [0.15, 0.2) is 0 Å². The molecule has 0 aromatic heterocycles. The van der Waals surface area contributed by atoms with Gasteiger partial charge in [0.1, 0.15) is 5.78 Å². The Morgan fingerprint density at radius 3 is 2.42 bits per heavy atom. The van der Waals surface area contributed by atoms with Gasteiger partial charge in [-0.25, -0.2) is 0 Å². The number of carbonyl (C=O) groups excluding carboxylic acids is 2. The number of ketones is 1. The Morgan fingerprint density at radius 1 is 1.50 bits per heavy atom. The van der Waals surface area contributed by atoms with E-state index in [1.165, 1.54) is 0 Å². The van der Waals surface area contributed by atoms with E-state index in [9.17, 15) is 9.59 Å². The van der Waals surface area contributed by atoms with Gasteiger partial charge < -0.3 is 4.90 Å². The molecule has 0 saturated carbocycles. The van der Waals surface area contributed by atoms with Crippen molar-refractivity contribution in [3.8, 4) is 0 Å². The van der Waals surface area contributed by atoms with Gasteiger partial charge in [-0.15, -0.1) is 0 Å². The lowest BCUT2D eigenvalue weighted by atomic mass is 10.1. The number of likely N-dealkylation sites (tertiary alicyclic amines) is 1. The molecule has 0 spiro atoms. The van der Waals surface area contributed by atoms with Crippen molar-refractivity contribution < 1.29 is 9.59 Å². The summed E-state index contributed by atoms with van der Waals surface area (Å²) in [6.45, 7) is 2.99. The zero-order chi connectivity index (χ0) is 9.14. The topological polar surface area (TPSA) is 37.4 Å². The van der Waals surface area contributed by atoms with Crippen LogP contribution in [0.25, 0.3) is 0 Å². The summed E-state index contributed by atoms with van der Waals surface area (Å²) in [5.41, 5.74) is 0. The molecule has 0 radical (unpaired) electrons. The number of rotatable bonds is 1. The molecule has 12 heavy (non-hydrogen) atoms. The third-order valence-electron chi connectivity index (χ3n) is 1.97. The maximum Gasteiger partial charge on any atom is 0.236 e. The monoisotopic (exact) mass is 233 g/mol. The molecule has 1 fully saturated rings. The number of amides is 1. The second-order valence-corrected chi connectivity index (χ2v) is 4.35. The molecule has 3 nitrogen and oxygen atoms in total. The molecule has 0 aromatic rings. The Labute approximate surface area is 80.2 Å². The molecule has 1 unspecified atom stereocenters. The molecule has 0 aliphatic carbocycles. The second-order valence-electron chi connectivity index (χ2n) is 2.98. The van der Waals surface area contributed by atoms with Gasteiger partial charge >= 0.3 is 0 Å². The molecular formula is C8H12BrNO2. The molecule has 1 saturated heterocycles. The molecular weight excluding hydrogens is 222 g/mol. The average Bonchev–Trinajstić information content (AvgIpc) is 2.04. The van der Waals surface area contributed by atoms with E-state index in [2.05, 4.69) is 15.9 Å². The minimum absolute atomic E-state index is 0.0856. The largest absolute Gasteiger partial charge is 0.341 e. The highest BCUT2D eigenvalue weighted by molar-refractivity contribution is 9.10. The summed E-state index contributed by atoms with van der Waals surface area (Å²) in [4.78, 5) is 23.8. The first-order chi connectivity index (χ1) is 5.61. The quantitative estimate of drug-likeness (QED) is 0.634. The van der Waals surface area contributed by atoms with E-state index in [1.54, 1.807) is 11.8 Å². The van der Waals surface area contributed by atoms with E-state index in [0.717, 1.165) is 0 Å². The molecule has 1 rings (SSSR count). The predicted octanol–water partition coefficient (Wildman–Crippen LogP) is 0.961. The molecule has 0 bridgehead atoms. The molecule has 0 aromatic carbocycles. The normalized spacial score (nSPS) is 20.8. The Morgan fingerprint density at radius 2 is 2.00 bits per heavy atom. The minimum atomic E-state index is -0.134. The highest BCUT2D eigenvalue weighted by Crippen LogP contribution is 2.10. The number of alkyl halides is 1. The van der Waals surface area contributed by atoms with Gasteiger partial charge in [0.2, 0.25) is 5.91 Å². The van der Waals surface area contributed by atoms with E-state index in [0.29, 0.717) is 25.9 Å². The van der Waals surface area contributed by atoms with Crippen molar-refractivity contribution in [1.82, 2.24) is 4.90 Å². The van der Waals surface area contributed by atoms with Gasteiger partial charge in [-0.1, -0.05) is 15.9 Å². The van der Waals surface area contributed by atoms with Gasteiger partial charge in [0.25, 0.3) is 0 Å². The highest BCUT2D eigenvalue weighted by atomic mass is 79.9. The van der Waals surface area contributed by atoms with Crippen LogP contribution in [-0.4, -0.2) is 34.5 Å². The third kappa shape index (κ3) is 2.30. The van der Waals surface area contributed by atoms with E-state index in [4.69, 9.17) is 0 Å². The number of halogens is 1. The van der Waals surface area contributed by atoms with Crippen LogP contribution in [0, 0.1) is 0 Å². The molecule has 68 valence electrons. The number of Topliss-reactive ketones (excluding diaryl/α,β-unsaturated/α-hetero) is 1. The van der Waals surface area contributed by atoms with E-state index >= 15 is 0 Å². The first-order valence-electron chi connectivity index (χ1n) is 4.06. The van der Waals surface area contributed by atoms with Gasteiger partial charge in [0, 0.05) is 25.9 Å². The van der Waals surface area contributed by atoms with E-state index in [-0.39, 0.29) is 16.5 Å². The number of carbonyl (C=O) groups is 2. The van der Waals surface area contributed by atoms with Crippen LogP contribution in [0.5, 0.6) is 0 Å². The van der Waals surface area contributed by atoms with Crippen molar-refractivity contribution in [3.05, 3.63) is 0 Å². The van der Waals surface area contributed by atoms with Crippen molar-refractivity contribution in [2.24, 2.45) is 0 Å². The fourth-order valence-electron chi connectivity index (χ4n) is 1.23. The molecule has 1 heterocycles. The summed E-state index contributed by atoms with van der Waals surface area (Å²) >= 11 is 3.21. The zero-order valence-corrected chi connectivity index (χ0v) is 8.63. The average molecular weight is 234 g/mol. The first-order valence-corrected chi connectivity index (χ1v) is 4.97. The molecule has 1 amide bonds. The summed E-state index contributed by atoms with van der Waals surface area (Å²) in [5, 5.41) is 0. The number of hydrogen-bond acceptors (Lipinski definition) is 2. The molecule has 1 aliphatic rings. The summed E-state index contributed by atoms with van der Waals surface area (Å²) in [6, 6.07) is 0. The Kier molecular flexibility index (Phi) is 3.26. The van der Waals surface area contributed by atoms with Crippen molar-refractivity contribution in [2.75, 3.05) is 13.1 Å². The summed E-state index contributed by atoms with van der Waals surface area (Å²) in [6.07, 6.45) is 1.04. The number of piperidine rings is 1. The minimum Gasteiger partial charge on any atom is -0.341 e. The summed E-state index contributed by atoms with van der Waals surface area (Å²) < 4.78 is 0. The summed E-state index contributed by atoms with van der Waals surface area (Å²) in [5.74, 6) is 0.351. The maximum absolute atomic E-state index is 11.4. The lowest BCUT2D eigenvalue weighted by Gasteiger charge is -2.26. The standard InChI is InChI=1S/C8H12BrNO2/c1-6(9)8(12)10-4-2-7(11)3-5-10/h6H,2-5H2,1H3. The van der Waals surface area contributed by atoms with Gasteiger partial charge in [0.05, 0.1) is 4.83 Å². The van der Waals surface area contributed by atoms with Crippen molar-refractivity contribution in [2.45, 2.75) is 24.6 Å². The smallest absolute Gasteiger partial charge is 0.236 e. The predicted molar refractivity (Wildman–Crippen MR) is 49.2 cm³/mol. The van der Waals surface area contributed by atoms with Crippen LogP contribution in [0.2, 0.25) is 0 Å². The Balaban J connectivity index is 2.44. The molecule has 0 N–H and O–H groups in total. The van der Waals surface area contributed by atoms with E-state index < -0.39 is 0 Å². The van der Waals surface area contributed by atoms with Crippen LogP contribution in [0.4, 0.5) is 0 Å². The fraction of sp³-hybridized carbons (Fsp3) is 0.750. The lowest BCUT2D eigenvalue weighted by Crippen LogP contribution is -2.41. The van der Waals surface area contributed by atoms with Crippen LogP contribution < -0.4 is 0 Å². The fourth-order valence-corrected chi connectivity index (χ4v) is 1.52. The van der Waals surface area contributed by atoms with Gasteiger partial charge in [-0.2, -0.15) is 0 Å². The zero-order valence-electron chi connectivity index (χ0n) is 7.05. The van der Waals surface area contributed by atoms with Crippen LogP contribution in [0.1, 0.15) is 19.8 Å². The number of hydrogen-bond donors (Lipinski definition) is 0. The van der Waals surface area contributed by atoms with Gasteiger partial charge in [-0.3, -0.25) is 9.59 Å². The maximum atomic E-state index is 11.4. The van der Waals surface area contributed by atoms with Crippen molar-refractivity contribution in [1.29, 1.82) is 0 Å². The summed E-state index contributed by atoms with van der Waals surface area (Å²) in [7, 11) is 0. The number of nitrogens with zero attached hydrogens (tertiary/aromatic N) is 1. The van der Waals surface area contributed by atoms with Crippen LogP contribution in [-0.2, 0) is 9.59 Å². The highest BCUT2D eigenvalue weighted by Gasteiger charge is 2.22.